The number of hydrogen-bond acceptors (Lipinski definition) is 3. The molecule has 132 valence electrons. The summed E-state index contributed by atoms with van der Waals surface area (Å²) in [5.41, 5.74) is 1.33. The summed E-state index contributed by atoms with van der Waals surface area (Å²) in [5, 5.41) is 9.14. The van der Waals surface area contributed by atoms with Crippen LogP contribution in [0.5, 0.6) is 0 Å². The molecule has 3 N–H and O–H groups in total. The first-order valence-electron chi connectivity index (χ1n) is 8.49. The number of amides is 2. The SMILES string of the molecule is Cl.O=C(CCNC(=O)C1CC12CCNCC2)NCc1ccccc1. The highest BCUT2D eigenvalue weighted by Crippen LogP contribution is 2.58. The molecule has 0 aromatic heterocycles. The lowest BCUT2D eigenvalue weighted by Crippen LogP contribution is -2.35. The highest BCUT2D eigenvalue weighted by molar-refractivity contribution is 5.85. The first-order valence-corrected chi connectivity index (χ1v) is 8.49. The first kappa shape index (κ1) is 18.7. The Labute approximate surface area is 149 Å². The summed E-state index contributed by atoms with van der Waals surface area (Å²) in [5.74, 6) is 0.265. The molecule has 1 saturated heterocycles. The Morgan fingerprint density at radius 2 is 1.83 bits per heavy atom. The van der Waals surface area contributed by atoms with E-state index in [2.05, 4.69) is 16.0 Å². The molecule has 1 aromatic rings. The predicted molar refractivity (Wildman–Crippen MR) is 95.8 cm³/mol. The Morgan fingerprint density at radius 1 is 1.12 bits per heavy atom. The molecule has 1 heterocycles. The van der Waals surface area contributed by atoms with Gasteiger partial charge in [0.25, 0.3) is 0 Å². The zero-order valence-corrected chi connectivity index (χ0v) is 14.7. The molecule has 2 amide bonds. The number of piperidine rings is 1. The Hall–Kier alpha value is -1.59. The fourth-order valence-electron chi connectivity index (χ4n) is 3.50. The van der Waals surface area contributed by atoms with E-state index >= 15 is 0 Å². The Balaban J connectivity index is 0.00000208. The summed E-state index contributed by atoms with van der Waals surface area (Å²) in [4.78, 5) is 24.0. The maximum atomic E-state index is 12.2. The maximum Gasteiger partial charge on any atom is 0.223 e. The van der Waals surface area contributed by atoms with Crippen LogP contribution in [0, 0.1) is 11.3 Å². The molecule has 1 spiro atoms. The lowest BCUT2D eigenvalue weighted by molar-refractivity contribution is -0.123. The van der Waals surface area contributed by atoms with Crippen molar-refractivity contribution >= 4 is 24.2 Å². The van der Waals surface area contributed by atoms with Gasteiger partial charge >= 0.3 is 0 Å². The highest BCUT2D eigenvalue weighted by atomic mass is 35.5. The number of benzene rings is 1. The van der Waals surface area contributed by atoms with Crippen molar-refractivity contribution in [1.82, 2.24) is 16.0 Å². The van der Waals surface area contributed by atoms with E-state index in [1.165, 1.54) is 0 Å². The lowest BCUT2D eigenvalue weighted by Gasteiger charge is -2.23. The van der Waals surface area contributed by atoms with E-state index in [4.69, 9.17) is 0 Å². The molecule has 0 bridgehead atoms. The van der Waals surface area contributed by atoms with Crippen molar-refractivity contribution in [3.63, 3.8) is 0 Å². The fourth-order valence-corrected chi connectivity index (χ4v) is 3.50. The van der Waals surface area contributed by atoms with Gasteiger partial charge < -0.3 is 16.0 Å². The van der Waals surface area contributed by atoms with Crippen LogP contribution in [-0.4, -0.2) is 31.4 Å². The van der Waals surface area contributed by atoms with Gasteiger partial charge in [-0.2, -0.15) is 0 Å². The normalized spacial score (nSPS) is 20.8. The van der Waals surface area contributed by atoms with Gasteiger partial charge in [0, 0.05) is 25.4 Å². The molecule has 6 heteroatoms. The molecule has 2 aliphatic rings. The van der Waals surface area contributed by atoms with Crippen molar-refractivity contribution in [2.24, 2.45) is 11.3 Å². The van der Waals surface area contributed by atoms with Gasteiger partial charge in [-0.05, 0) is 43.3 Å². The second-order valence-corrected chi connectivity index (χ2v) is 6.67. The summed E-state index contributed by atoms with van der Waals surface area (Å²) in [6.45, 7) is 2.99. The molecule has 2 fully saturated rings. The summed E-state index contributed by atoms with van der Waals surface area (Å²) in [6.07, 6.45) is 3.55. The van der Waals surface area contributed by atoms with Gasteiger partial charge in [-0.3, -0.25) is 9.59 Å². The van der Waals surface area contributed by atoms with Crippen LogP contribution >= 0.6 is 12.4 Å². The summed E-state index contributed by atoms with van der Waals surface area (Å²) < 4.78 is 0. The van der Waals surface area contributed by atoms with Gasteiger partial charge in [-0.1, -0.05) is 30.3 Å². The lowest BCUT2D eigenvalue weighted by atomic mass is 9.92. The molecule has 3 rings (SSSR count). The van der Waals surface area contributed by atoms with Crippen LogP contribution in [0.15, 0.2) is 30.3 Å². The van der Waals surface area contributed by atoms with E-state index in [-0.39, 0.29) is 35.6 Å². The van der Waals surface area contributed by atoms with E-state index in [0.717, 1.165) is 37.9 Å². The number of nitrogens with one attached hydrogen (secondary N) is 3. The van der Waals surface area contributed by atoms with Crippen LogP contribution in [0.4, 0.5) is 0 Å². The van der Waals surface area contributed by atoms with E-state index in [9.17, 15) is 9.59 Å². The van der Waals surface area contributed by atoms with Crippen LogP contribution in [0.2, 0.25) is 0 Å². The summed E-state index contributed by atoms with van der Waals surface area (Å²) in [7, 11) is 0. The monoisotopic (exact) mass is 351 g/mol. The Bertz CT molecular complexity index is 559. The van der Waals surface area contributed by atoms with E-state index in [0.29, 0.717) is 19.5 Å². The molecular weight excluding hydrogens is 326 g/mol. The second kappa shape index (κ2) is 8.49. The zero-order chi connectivity index (χ0) is 16.1. The predicted octanol–water partition coefficient (Wildman–Crippen LogP) is 1.62. The third kappa shape index (κ3) is 4.71. The Kier molecular flexibility index (Phi) is 6.63. The number of hydrogen-bond donors (Lipinski definition) is 3. The van der Waals surface area contributed by atoms with Gasteiger partial charge in [0.2, 0.25) is 11.8 Å². The zero-order valence-electron chi connectivity index (χ0n) is 13.8. The second-order valence-electron chi connectivity index (χ2n) is 6.67. The third-order valence-electron chi connectivity index (χ3n) is 5.09. The quantitative estimate of drug-likeness (QED) is 0.729. The molecule has 5 nitrogen and oxygen atoms in total. The van der Waals surface area contributed by atoms with Gasteiger partial charge in [0.05, 0.1) is 0 Å². The first-order chi connectivity index (χ1) is 11.2. The molecule has 1 atom stereocenters. The van der Waals surface area contributed by atoms with Gasteiger partial charge in [0.1, 0.15) is 0 Å². The summed E-state index contributed by atoms with van der Waals surface area (Å²) in [6, 6.07) is 9.82. The molecular formula is C18H26ClN3O2. The fraction of sp³-hybridized carbons (Fsp3) is 0.556. The molecule has 1 saturated carbocycles. The highest BCUT2D eigenvalue weighted by Gasteiger charge is 2.57. The van der Waals surface area contributed by atoms with Crippen LogP contribution in [0.25, 0.3) is 0 Å². The minimum absolute atomic E-state index is 0. The molecule has 1 aliphatic carbocycles. The number of rotatable bonds is 6. The molecule has 24 heavy (non-hydrogen) atoms. The molecule has 0 radical (unpaired) electrons. The van der Waals surface area contributed by atoms with Crippen molar-refractivity contribution in [1.29, 1.82) is 0 Å². The molecule has 1 aliphatic heterocycles. The standard InChI is InChI=1S/C18H25N3O2.ClH/c22-16(21-13-14-4-2-1-3-5-14)6-9-20-17(23)15-12-18(15)7-10-19-11-8-18;/h1-5,15,19H,6-13H2,(H,20,23)(H,21,22);1H. The third-order valence-corrected chi connectivity index (χ3v) is 5.09. The van der Waals surface area contributed by atoms with Crippen LogP contribution in [-0.2, 0) is 16.1 Å². The largest absolute Gasteiger partial charge is 0.355 e. The number of halogens is 1. The van der Waals surface area contributed by atoms with Gasteiger partial charge in [0.15, 0.2) is 0 Å². The molecule has 1 aromatic carbocycles. The van der Waals surface area contributed by atoms with Crippen LogP contribution < -0.4 is 16.0 Å². The average Bonchev–Trinajstić information content (AvgIpc) is 3.27. The molecule has 1 unspecified atom stereocenters. The van der Waals surface area contributed by atoms with E-state index in [1.54, 1.807) is 0 Å². The minimum atomic E-state index is -0.0264. The van der Waals surface area contributed by atoms with Crippen molar-refractivity contribution in [3.05, 3.63) is 35.9 Å². The average molecular weight is 352 g/mol. The van der Waals surface area contributed by atoms with Crippen molar-refractivity contribution in [2.45, 2.75) is 32.2 Å². The Morgan fingerprint density at radius 3 is 2.54 bits per heavy atom. The summed E-state index contributed by atoms with van der Waals surface area (Å²) >= 11 is 0. The van der Waals surface area contributed by atoms with E-state index < -0.39 is 0 Å². The van der Waals surface area contributed by atoms with Gasteiger partial charge in [-0.15, -0.1) is 12.4 Å². The van der Waals surface area contributed by atoms with Crippen LogP contribution in [0.1, 0.15) is 31.2 Å². The van der Waals surface area contributed by atoms with Crippen molar-refractivity contribution in [2.75, 3.05) is 19.6 Å². The van der Waals surface area contributed by atoms with Crippen LogP contribution in [0.3, 0.4) is 0 Å². The van der Waals surface area contributed by atoms with Crippen molar-refractivity contribution in [3.8, 4) is 0 Å². The maximum absolute atomic E-state index is 12.2. The smallest absolute Gasteiger partial charge is 0.223 e. The minimum Gasteiger partial charge on any atom is -0.355 e. The van der Waals surface area contributed by atoms with Crippen molar-refractivity contribution < 1.29 is 9.59 Å². The number of carbonyl (C=O) groups is 2. The number of carbonyl (C=O) groups excluding carboxylic acids is 2. The topological polar surface area (TPSA) is 70.2 Å². The van der Waals surface area contributed by atoms with E-state index in [1.807, 2.05) is 30.3 Å². The van der Waals surface area contributed by atoms with Gasteiger partial charge in [-0.25, -0.2) is 0 Å².